The monoisotopic (exact) mass is 252 g/mol. The molecule has 0 saturated heterocycles. The zero-order chi connectivity index (χ0) is 13.4. The number of pyridine rings is 1. The fourth-order valence-corrected chi connectivity index (χ4v) is 2.45. The minimum atomic E-state index is 0.392. The highest BCUT2D eigenvalue weighted by molar-refractivity contribution is 5.74. The van der Waals surface area contributed by atoms with Crippen LogP contribution in [0, 0.1) is 13.8 Å². The molecule has 0 aliphatic heterocycles. The molecule has 0 aliphatic carbocycles. The molecule has 0 atom stereocenters. The molecule has 0 unspecified atom stereocenters. The first-order chi connectivity index (χ1) is 9.19. The van der Waals surface area contributed by atoms with Crippen LogP contribution in [0.15, 0.2) is 36.5 Å². The summed E-state index contributed by atoms with van der Waals surface area (Å²) in [4.78, 5) is 8.97. The van der Waals surface area contributed by atoms with Crippen molar-refractivity contribution in [3.63, 3.8) is 0 Å². The molecule has 4 heteroatoms. The molecule has 19 heavy (non-hydrogen) atoms. The Bertz CT molecular complexity index is 723. The zero-order valence-electron chi connectivity index (χ0n) is 11.1. The summed E-state index contributed by atoms with van der Waals surface area (Å²) in [6, 6.07) is 10.3. The van der Waals surface area contributed by atoms with E-state index < -0.39 is 0 Å². The highest BCUT2D eigenvalue weighted by Gasteiger charge is 2.12. The largest absolute Gasteiger partial charge is 0.324 e. The van der Waals surface area contributed by atoms with Crippen LogP contribution in [0.3, 0.4) is 0 Å². The van der Waals surface area contributed by atoms with Crippen molar-refractivity contribution in [2.24, 2.45) is 5.73 Å². The van der Waals surface area contributed by atoms with Crippen LogP contribution in [-0.2, 0) is 6.54 Å². The standard InChI is InChI=1S/C15H16N4/c1-10-6-11(2)8-12(7-10)19-14(9-16)18-13-4-3-5-17-15(13)19/h3-8H,9,16H2,1-2H3. The molecule has 3 aromatic rings. The van der Waals surface area contributed by atoms with Gasteiger partial charge in [-0.2, -0.15) is 0 Å². The summed E-state index contributed by atoms with van der Waals surface area (Å²) in [5.41, 5.74) is 11.1. The Balaban J connectivity index is 2.34. The number of nitrogens with two attached hydrogens (primary N) is 1. The Labute approximate surface area is 111 Å². The lowest BCUT2D eigenvalue weighted by Crippen LogP contribution is -2.07. The molecule has 4 nitrogen and oxygen atoms in total. The van der Waals surface area contributed by atoms with Gasteiger partial charge in [0, 0.05) is 11.9 Å². The fourth-order valence-electron chi connectivity index (χ4n) is 2.45. The normalized spacial score (nSPS) is 11.1. The fraction of sp³-hybridized carbons (Fsp3) is 0.200. The van der Waals surface area contributed by atoms with E-state index >= 15 is 0 Å². The molecule has 3 rings (SSSR count). The summed E-state index contributed by atoms with van der Waals surface area (Å²) >= 11 is 0. The molecule has 0 amide bonds. The van der Waals surface area contributed by atoms with Gasteiger partial charge in [0.2, 0.25) is 0 Å². The van der Waals surface area contributed by atoms with Gasteiger partial charge in [0.25, 0.3) is 0 Å². The van der Waals surface area contributed by atoms with Crippen molar-refractivity contribution >= 4 is 11.2 Å². The van der Waals surface area contributed by atoms with E-state index in [-0.39, 0.29) is 0 Å². The van der Waals surface area contributed by atoms with Gasteiger partial charge in [-0.25, -0.2) is 9.97 Å². The summed E-state index contributed by atoms with van der Waals surface area (Å²) in [6.07, 6.45) is 1.78. The number of nitrogens with zero attached hydrogens (tertiary/aromatic N) is 3. The number of aryl methyl sites for hydroxylation is 2. The van der Waals surface area contributed by atoms with E-state index in [1.54, 1.807) is 6.20 Å². The van der Waals surface area contributed by atoms with Gasteiger partial charge in [-0.1, -0.05) is 6.07 Å². The van der Waals surface area contributed by atoms with Crippen LogP contribution in [0.5, 0.6) is 0 Å². The summed E-state index contributed by atoms with van der Waals surface area (Å²) < 4.78 is 2.04. The second-order valence-corrected chi connectivity index (χ2v) is 4.76. The lowest BCUT2D eigenvalue weighted by molar-refractivity contribution is 0.875. The minimum absolute atomic E-state index is 0.392. The first-order valence-electron chi connectivity index (χ1n) is 6.30. The molecular weight excluding hydrogens is 236 g/mol. The van der Waals surface area contributed by atoms with Gasteiger partial charge in [0.15, 0.2) is 5.65 Å². The Morgan fingerprint density at radius 2 is 1.89 bits per heavy atom. The van der Waals surface area contributed by atoms with E-state index in [0.29, 0.717) is 6.54 Å². The maximum Gasteiger partial charge on any atom is 0.164 e. The number of rotatable bonds is 2. The van der Waals surface area contributed by atoms with Crippen molar-refractivity contribution in [1.29, 1.82) is 0 Å². The van der Waals surface area contributed by atoms with Crippen LogP contribution in [-0.4, -0.2) is 14.5 Å². The average molecular weight is 252 g/mol. The number of fused-ring (bicyclic) bond motifs is 1. The van der Waals surface area contributed by atoms with E-state index in [2.05, 4.69) is 42.0 Å². The van der Waals surface area contributed by atoms with Crippen molar-refractivity contribution < 1.29 is 0 Å². The predicted molar refractivity (Wildman–Crippen MR) is 76.2 cm³/mol. The maximum atomic E-state index is 5.82. The number of imidazole rings is 1. The average Bonchev–Trinajstić information content (AvgIpc) is 2.75. The van der Waals surface area contributed by atoms with E-state index in [9.17, 15) is 0 Å². The smallest absolute Gasteiger partial charge is 0.164 e. The van der Waals surface area contributed by atoms with Crippen molar-refractivity contribution in [2.45, 2.75) is 20.4 Å². The van der Waals surface area contributed by atoms with Gasteiger partial charge in [-0.15, -0.1) is 0 Å². The molecule has 0 spiro atoms. The van der Waals surface area contributed by atoms with Gasteiger partial charge >= 0.3 is 0 Å². The van der Waals surface area contributed by atoms with Crippen molar-refractivity contribution in [3.05, 3.63) is 53.5 Å². The quantitative estimate of drug-likeness (QED) is 0.762. The molecule has 0 radical (unpaired) electrons. The topological polar surface area (TPSA) is 56.7 Å². The van der Waals surface area contributed by atoms with Crippen LogP contribution in [0.1, 0.15) is 17.0 Å². The maximum absolute atomic E-state index is 5.82. The Morgan fingerprint density at radius 3 is 2.58 bits per heavy atom. The SMILES string of the molecule is Cc1cc(C)cc(-n2c(CN)nc3cccnc32)c1. The number of aromatic nitrogens is 3. The van der Waals surface area contributed by atoms with Crippen molar-refractivity contribution in [1.82, 2.24) is 14.5 Å². The summed E-state index contributed by atoms with van der Waals surface area (Å²) in [5.74, 6) is 0.832. The van der Waals surface area contributed by atoms with Crippen LogP contribution >= 0.6 is 0 Å². The summed E-state index contributed by atoms with van der Waals surface area (Å²) in [7, 11) is 0. The van der Waals surface area contributed by atoms with Crippen molar-refractivity contribution in [3.8, 4) is 5.69 Å². The van der Waals surface area contributed by atoms with E-state index in [1.807, 2.05) is 16.7 Å². The highest BCUT2D eigenvalue weighted by Crippen LogP contribution is 2.21. The van der Waals surface area contributed by atoms with E-state index in [4.69, 9.17) is 5.73 Å². The van der Waals surface area contributed by atoms with Gasteiger partial charge in [-0.05, 0) is 49.2 Å². The molecule has 1 aromatic carbocycles. The van der Waals surface area contributed by atoms with Gasteiger partial charge in [0.1, 0.15) is 11.3 Å². The van der Waals surface area contributed by atoms with Gasteiger partial charge < -0.3 is 5.73 Å². The zero-order valence-corrected chi connectivity index (χ0v) is 11.1. The van der Waals surface area contributed by atoms with Crippen LogP contribution in [0.25, 0.3) is 16.9 Å². The lowest BCUT2D eigenvalue weighted by Gasteiger charge is -2.09. The molecule has 2 aromatic heterocycles. The Kier molecular flexibility index (Phi) is 2.80. The molecule has 0 bridgehead atoms. The Morgan fingerprint density at radius 1 is 1.16 bits per heavy atom. The number of hydrogen-bond acceptors (Lipinski definition) is 3. The first-order valence-corrected chi connectivity index (χ1v) is 6.30. The molecular formula is C15H16N4. The third-order valence-corrected chi connectivity index (χ3v) is 3.13. The molecule has 2 heterocycles. The van der Waals surface area contributed by atoms with E-state index in [0.717, 1.165) is 22.7 Å². The number of benzene rings is 1. The third kappa shape index (κ3) is 2.00. The van der Waals surface area contributed by atoms with Gasteiger partial charge in [-0.3, -0.25) is 4.57 Å². The second kappa shape index (κ2) is 4.48. The molecule has 2 N–H and O–H groups in total. The number of hydrogen-bond donors (Lipinski definition) is 1. The van der Waals surface area contributed by atoms with Gasteiger partial charge in [0.05, 0.1) is 6.54 Å². The lowest BCUT2D eigenvalue weighted by atomic mass is 10.1. The van der Waals surface area contributed by atoms with Crippen LogP contribution in [0.4, 0.5) is 0 Å². The molecule has 96 valence electrons. The van der Waals surface area contributed by atoms with Crippen LogP contribution < -0.4 is 5.73 Å². The second-order valence-electron chi connectivity index (χ2n) is 4.76. The Hall–Kier alpha value is -2.20. The summed E-state index contributed by atoms with van der Waals surface area (Å²) in [5, 5.41) is 0. The predicted octanol–water partition coefficient (Wildman–Crippen LogP) is 2.50. The highest BCUT2D eigenvalue weighted by atomic mass is 15.1. The summed E-state index contributed by atoms with van der Waals surface area (Å²) in [6.45, 7) is 4.57. The van der Waals surface area contributed by atoms with Crippen LogP contribution in [0.2, 0.25) is 0 Å². The first kappa shape index (κ1) is 11.9. The van der Waals surface area contributed by atoms with Crippen molar-refractivity contribution in [2.75, 3.05) is 0 Å². The molecule has 0 saturated carbocycles. The third-order valence-electron chi connectivity index (χ3n) is 3.13. The van der Waals surface area contributed by atoms with E-state index in [1.165, 1.54) is 11.1 Å². The molecule has 0 aliphatic rings. The minimum Gasteiger partial charge on any atom is -0.324 e. The molecule has 0 fully saturated rings.